The second-order valence-electron chi connectivity index (χ2n) is 5.59. The summed E-state index contributed by atoms with van der Waals surface area (Å²) in [5.74, 6) is -0.576. The number of carbonyl (C=O) groups excluding carboxylic acids is 2. The number of aromatic nitrogens is 1. The minimum atomic E-state index is -0.463. The standard InChI is InChI=1S/C16H19N3O2/c17-15(20)10-19(11-5-1-2-6-11)16(21)13-9-18-14-8-4-3-7-12(13)14/h3-4,7-9,11,18H,1-2,5-6,10H2,(H2,17,20). The Bertz CT molecular complexity index is 671. The average molecular weight is 285 g/mol. The van der Waals surface area contributed by atoms with Crippen molar-refractivity contribution in [2.75, 3.05) is 6.54 Å². The number of amides is 2. The molecule has 0 spiro atoms. The van der Waals surface area contributed by atoms with Gasteiger partial charge >= 0.3 is 0 Å². The monoisotopic (exact) mass is 285 g/mol. The number of benzene rings is 1. The number of para-hydroxylation sites is 1. The summed E-state index contributed by atoms with van der Waals surface area (Å²) >= 11 is 0. The fourth-order valence-corrected chi connectivity index (χ4v) is 3.15. The first-order valence-corrected chi connectivity index (χ1v) is 7.32. The van der Waals surface area contributed by atoms with Gasteiger partial charge in [0.2, 0.25) is 5.91 Å². The number of nitrogens with two attached hydrogens (primary N) is 1. The summed E-state index contributed by atoms with van der Waals surface area (Å²) in [7, 11) is 0. The van der Waals surface area contributed by atoms with Gasteiger partial charge in [0.1, 0.15) is 0 Å². The fraction of sp³-hybridized carbons (Fsp3) is 0.375. The lowest BCUT2D eigenvalue weighted by molar-refractivity contribution is -0.119. The van der Waals surface area contributed by atoms with Gasteiger partial charge in [-0.05, 0) is 18.9 Å². The minimum absolute atomic E-state index is 0.0109. The molecule has 0 radical (unpaired) electrons. The molecule has 2 amide bonds. The summed E-state index contributed by atoms with van der Waals surface area (Å²) in [6, 6.07) is 7.79. The summed E-state index contributed by atoms with van der Waals surface area (Å²) in [6.07, 6.45) is 5.81. The van der Waals surface area contributed by atoms with Crippen LogP contribution in [0, 0.1) is 0 Å². The Kier molecular flexibility index (Phi) is 3.64. The molecule has 1 heterocycles. The molecule has 3 N–H and O–H groups in total. The van der Waals surface area contributed by atoms with E-state index in [2.05, 4.69) is 4.98 Å². The average Bonchev–Trinajstić information content (AvgIpc) is 3.13. The van der Waals surface area contributed by atoms with Crippen LogP contribution < -0.4 is 5.73 Å². The van der Waals surface area contributed by atoms with E-state index in [-0.39, 0.29) is 18.5 Å². The number of aromatic amines is 1. The second-order valence-corrected chi connectivity index (χ2v) is 5.59. The first kappa shape index (κ1) is 13.7. The van der Waals surface area contributed by atoms with E-state index in [1.54, 1.807) is 11.1 Å². The van der Waals surface area contributed by atoms with Gasteiger partial charge in [-0.1, -0.05) is 31.0 Å². The topological polar surface area (TPSA) is 79.2 Å². The van der Waals surface area contributed by atoms with Crippen LogP contribution in [0.5, 0.6) is 0 Å². The van der Waals surface area contributed by atoms with E-state index in [1.165, 1.54) is 0 Å². The van der Waals surface area contributed by atoms with Gasteiger partial charge in [0, 0.05) is 23.1 Å². The van der Waals surface area contributed by atoms with Crippen LogP contribution in [0.1, 0.15) is 36.0 Å². The maximum Gasteiger partial charge on any atom is 0.256 e. The smallest absolute Gasteiger partial charge is 0.256 e. The van der Waals surface area contributed by atoms with E-state index in [0.717, 1.165) is 36.6 Å². The molecule has 110 valence electrons. The van der Waals surface area contributed by atoms with Crippen molar-refractivity contribution in [2.24, 2.45) is 5.73 Å². The van der Waals surface area contributed by atoms with E-state index >= 15 is 0 Å². The van der Waals surface area contributed by atoms with Gasteiger partial charge < -0.3 is 15.6 Å². The van der Waals surface area contributed by atoms with Crippen molar-refractivity contribution in [1.29, 1.82) is 0 Å². The number of hydrogen-bond donors (Lipinski definition) is 2. The summed E-state index contributed by atoms with van der Waals surface area (Å²) in [5, 5.41) is 0.884. The van der Waals surface area contributed by atoms with Crippen LogP contribution in [0.3, 0.4) is 0 Å². The maximum atomic E-state index is 12.8. The van der Waals surface area contributed by atoms with Gasteiger partial charge in [-0.25, -0.2) is 0 Å². The van der Waals surface area contributed by atoms with E-state index < -0.39 is 5.91 Å². The predicted molar refractivity (Wildman–Crippen MR) is 80.8 cm³/mol. The zero-order valence-corrected chi connectivity index (χ0v) is 11.8. The highest BCUT2D eigenvalue weighted by atomic mass is 16.2. The largest absolute Gasteiger partial charge is 0.368 e. The number of nitrogens with zero attached hydrogens (tertiary/aromatic N) is 1. The molecule has 0 unspecified atom stereocenters. The zero-order chi connectivity index (χ0) is 14.8. The Morgan fingerprint density at radius 2 is 1.95 bits per heavy atom. The Labute approximate surface area is 123 Å². The molecule has 1 aromatic carbocycles. The molecule has 0 saturated heterocycles. The predicted octanol–water partition coefficient (Wildman–Crippen LogP) is 2.04. The van der Waals surface area contributed by atoms with Crippen molar-refractivity contribution < 1.29 is 9.59 Å². The van der Waals surface area contributed by atoms with Gasteiger partial charge in [-0.15, -0.1) is 0 Å². The lowest BCUT2D eigenvalue weighted by Gasteiger charge is -2.27. The van der Waals surface area contributed by atoms with Crippen molar-refractivity contribution in [3.63, 3.8) is 0 Å². The Morgan fingerprint density at radius 1 is 1.24 bits per heavy atom. The summed E-state index contributed by atoms with van der Waals surface area (Å²) in [6.45, 7) is -0.0109. The van der Waals surface area contributed by atoms with E-state index in [9.17, 15) is 9.59 Å². The molecule has 0 atom stereocenters. The summed E-state index contributed by atoms with van der Waals surface area (Å²) < 4.78 is 0. The molecule has 1 aliphatic carbocycles. The van der Waals surface area contributed by atoms with Gasteiger partial charge in [0.05, 0.1) is 12.1 Å². The molecular weight excluding hydrogens is 266 g/mol. The third kappa shape index (κ3) is 2.63. The van der Waals surface area contributed by atoms with Crippen molar-refractivity contribution in [1.82, 2.24) is 9.88 Å². The molecule has 21 heavy (non-hydrogen) atoms. The van der Waals surface area contributed by atoms with Crippen LogP contribution in [0.25, 0.3) is 10.9 Å². The molecule has 3 rings (SSSR count). The molecule has 5 heteroatoms. The Balaban J connectivity index is 1.94. The number of nitrogens with one attached hydrogen (secondary N) is 1. The van der Waals surface area contributed by atoms with Crippen molar-refractivity contribution >= 4 is 22.7 Å². The van der Waals surface area contributed by atoms with Crippen LogP contribution in [-0.4, -0.2) is 34.3 Å². The quantitative estimate of drug-likeness (QED) is 0.901. The third-order valence-corrected chi connectivity index (χ3v) is 4.17. The lowest BCUT2D eigenvalue weighted by Crippen LogP contribution is -2.44. The molecule has 0 bridgehead atoms. The number of rotatable bonds is 4. The first-order valence-electron chi connectivity index (χ1n) is 7.32. The SMILES string of the molecule is NC(=O)CN(C(=O)c1c[nH]c2ccccc12)C1CCCC1. The van der Waals surface area contributed by atoms with E-state index in [4.69, 9.17) is 5.73 Å². The van der Waals surface area contributed by atoms with Gasteiger partial charge in [0.15, 0.2) is 0 Å². The minimum Gasteiger partial charge on any atom is -0.368 e. The first-order chi connectivity index (χ1) is 10.2. The highest BCUT2D eigenvalue weighted by Crippen LogP contribution is 2.26. The third-order valence-electron chi connectivity index (χ3n) is 4.17. The molecule has 1 aromatic heterocycles. The zero-order valence-electron chi connectivity index (χ0n) is 11.8. The normalized spacial score (nSPS) is 15.4. The molecule has 5 nitrogen and oxygen atoms in total. The molecule has 1 saturated carbocycles. The second kappa shape index (κ2) is 5.60. The molecule has 0 aliphatic heterocycles. The van der Waals surface area contributed by atoms with Crippen LogP contribution >= 0.6 is 0 Å². The van der Waals surface area contributed by atoms with E-state index in [1.807, 2.05) is 24.3 Å². The fourth-order valence-electron chi connectivity index (χ4n) is 3.15. The van der Waals surface area contributed by atoms with Crippen LogP contribution in [0.15, 0.2) is 30.5 Å². The summed E-state index contributed by atoms with van der Waals surface area (Å²) in [5.41, 5.74) is 6.86. The Morgan fingerprint density at radius 3 is 2.67 bits per heavy atom. The maximum absolute atomic E-state index is 12.8. The molecule has 1 fully saturated rings. The number of primary amides is 1. The number of fused-ring (bicyclic) bond motifs is 1. The van der Waals surface area contributed by atoms with Crippen LogP contribution in [0.2, 0.25) is 0 Å². The van der Waals surface area contributed by atoms with E-state index in [0.29, 0.717) is 5.56 Å². The lowest BCUT2D eigenvalue weighted by atomic mass is 10.1. The summed E-state index contributed by atoms with van der Waals surface area (Å²) in [4.78, 5) is 28.9. The van der Waals surface area contributed by atoms with Crippen LogP contribution in [0.4, 0.5) is 0 Å². The highest BCUT2D eigenvalue weighted by molar-refractivity contribution is 6.07. The van der Waals surface area contributed by atoms with Crippen LogP contribution in [-0.2, 0) is 4.79 Å². The van der Waals surface area contributed by atoms with Crippen molar-refractivity contribution in [3.05, 3.63) is 36.0 Å². The molecular formula is C16H19N3O2. The van der Waals surface area contributed by atoms with Gasteiger partial charge in [-0.3, -0.25) is 9.59 Å². The Hall–Kier alpha value is -2.30. The molecule has 2 aromatic rings. The van der Waals surface area contributed by atoms with Crippen molar-refractivity contribution in [2.45, 2.75) is 31.7 Å². The van der Waals surface area contributed by atoms with Gasteiger partial charge in [-0.2, -0.15) is 0 Å². The number of carbonyl (C=O) groups is 2. The van der Waals surface area contributed by atoms with Gasteiger partial charge in [0.25, 0.3) is 5.91 Å². The molecule has 1 aliphatic rings. The van der Waals surface area contributed by atoms with Crippen molar-refractivity contribution in [3.8, 4) is 0 Å². The highest BCUT2D eigenvalue weighted by Gasteiger charge is 2.29. The number of hydrogen-bond acceptors (Lipinski definition) is 2. The number of H-pyrrole nitrogens is 1.